The number of ether oxygens (including phenoxy) is 1. The lowest BCUT2D eigenvalue weighted by molar-refractivity contribution is 0.0954. The third-order valence-corrected chi connectivity index (χ3v) is 3.96. The molecular formula is C20H21N3O2. The first-order chi connectivity index (χ1) is 12.3. The Morgan fingerprint density at radius 3 is 2.68 bits per heavy atom. The number of benzene rings is 2. The predicted molar refractivity (Wildman–Crippen MR) is 96.8 cm³/mol. The molecule has 0 saturated carbocycles. The highest BCUT2D eigenvalue weighted by molar-refractivity contribution is 5.93. The van der Waals surface area contributed by atoms with Crippen molar-refractivity contribution in [3.63, 3.8) is 0 Å². The minimum atomic E-state index is -0.116. The molecule has 128 valence electrons. The molecule has 0 fully saturated rings. The van der Waals surface area contributed by atoms with Crippen LogP contribution < -0.4 is 10.1 Å². The summed E-state index contributed by atoms with van der Waals surface area (Å²) in [6.45, 7) is 1.19. The molecule has 3 rings (SSSR count). The van der Waals surface area contributed by atoms with Gasteiger partial charge in [-0.25, -0.2) is 0 Å². The lowest BCUT2D eigenvalue weighted by atomic mass is 10.1. The molecule has 0 atom stereocenters. The van der Waals surface area contributed by atoms with Gasteiger partial charge >= 0.3 is 0 Å². The van der Waals surface area contributed by atoms with Gasteiger partial charge in [-0.05, 0) is 23.6 Å². The van der Waals surface area contributed by atoms with Crippen LogP contribution in [0, 0.1) is 0 Å². The summed E-state index contributed by atoms with van der Waals surface area (Å²) in [6.07, 6.45) is 4.08. The summed E-state index contributed by atoms with van der Waals surface area (Å²) < 4.78 is 7.09. The molecule has 5 heteroatoms. The molecule has 2 aromatic carbocycles. The van der Waals surface area contributed by atoms with Gasteiger partial charge in [-0.1, -0.05) is 48.5 Å². The van der Waals surface area contributed by atoms with Crippen molar-refractivity contribution in [2.24, 2.45) is 0 Å². The maximum atomic E-state index is 12.3. The Bertz CT molecular complexity index is 828. The molecule has 3 aromatic rings. The van der Waals surface area contributed by atoms with Crippen LogP contribution in [0.3, 0.4) is 0 Å². The van der Waals surface area contributed by atoms with Crippen LogP contribution in [0.25, 0.3) is 0 Å². The Balaban J connectivity index is 1.53. The fourth-order valence-electron chi connectivity index (χ4n) is 2.66. The summed E-state index contributed by atoms with van der Waals surface area (Å²) in [5.41, 5.74) is 2.79. The molecular weight excluding hydrogens is 314 g/mol. The average molecular weight is 335 g/mol. The quantitative estimate of drug-likeness (QED) is 0.722. The summed E-state index contributed by atoms with van der Waals surface area (Å²) >= 11 is 0. The van der Waals surface area contributed by atoms with Crippen LogP contribution in [0.2, 0.25) is 0 Å². The van der Waals surface area contributed by atoms with Crippen molar-refractivity contribution in [3.8, 4) is 5.75 Å². The molecule has 1 amide bonds. The Kier molecular flexibility index (Phi) is 5.46. The van der Waals surface area contributed by atoms with E-state index in [4.69, 9.17) is 4.74 Å². The van der Waals surface area contributed by atoms with Crippen LogP contribution in [-0.2, 0) is 13.0 Å². The van der Waals surface area contributed by atoms with E-state index in [9.17, 15) is 4.79 Å². The largest absolute Gasteiger partial charge is 0.496 e. The molecule has 0 spiro atoms. The maximum Gasteiger partial charge on any atom is 0.254 e. The highest BCUT2D eigenvalue weighted by atomic mass is 16.5. The van der Waals surface area contributed by atoms with E-state index in [2.05, 4.69) is 10.4 Å². The smallest absolute Gasteiger partial charge is 0.254 e. The molecule has 0 bridgehead atoms. The minimum absolute atomic E-state index is 0.116. The second-order valence-corrected chi connectivity index (χ2v) is 5.73. The van der Waals surface area contributed by atoms with Crippen LogP contribution in [0.4, 0.5) is 0 Å². The number of amides is 1. The number of nitrogens with zero attached hydrogens (tertiary/aromatic N) is 2. The van der Waals surface area contributed by atoms with Gasteiger partial charge in [-0.2, -0.15) is 5.10 Å². The van der Waals surface area contributed by atoms with E-state index in [1.54, 1.807) is 24.2 Å². The molecule has 0 radical (unpaired) electrons. The first kappa shape index (κ1) is 16.8. The van der Waals surface area contributed by atoms with Crippen molar-refractivity contribution in [1.29, 1.82) is 0 Å². The van der Waals surface area contributed by atoms with E-state index < -0.39 is 0 Å². The molecule has 1 aromatic heterocycles. The first-order valence-electron chi connectivity index (χ1n) is 8.23. The van der Waals surface area contributed by atoms with E-state index in [0.717, 1.165) is 16.9 Å². The van der Waals surface area contributed by atoms with Gasteiger partial charge in [0.25, 0.3) is 5.91 Å². The third-order valence-electron chi connectivity index (χ3n) is 3.96. The lowest BCUT2D eigenvalue weighted by Gasteiger charge is -2.08. The van der Waals surface area contributed by atoms with Crippen LogP contribution in [0.1, 0.15) is 21.5 Å². The molecule has 5 nitrogen and oxygen atoms in total. The van der Waals surface area contributed by atoms with Crippen LogP contribution in [-0.4, -0.2) is 29.3 Å². The van der Waals surface area contributed by atoms with E-state index in [1.165, 1.54) is 0 Å². The number of nitrogens with one attached hydrogen (secondary N) is 1. The first-order valence-corrected chi connectivity index (χ1v) is 8.23. The summed E-state index contributed by atoms with van der Waals surface area (Å²) in [5.74, 6) is 0.724. The number of carbonyl (C=O) groups excluding carboxylic acids is 1. The van der Waals surface area contributed by atoms with Crippen LogP contribution >= 0.6 is 0 Å². The molecule has 1 N–H and O–H groups in total. The summed E-state index contributed by atoms with van der Waals surface area (Å²) in [4.78, 5) is 12.3. The van der Waals surface area contributed by atoms with E-state index in [1.807, 2.05) is 54.6 Å². The number of aromatic nitrogens is 2. The fourth-order valence-corrected chi connectivity index (χ4v) is 2.66. The number of hydrogen-bond donors (Lipinski definition) is 1. The fraction of sp³-hybridized carbons (Fsp3) is 0.200. The summed E-state index contributed by atoms with van der Waals surface area (Å²) in [7, 11) is 1.65. The zero-order chi connectivity index (χ0) is 17.5. The Morgan fingerprint density at radius 2 is 1.88 bits per heavy atom. The Labute approximate surface area is 147 Å². The van der Waals surface area contributed by atoms with Gasteiger partial charge in [0.2, 0.25) is 0 Å². The van der Waals surface area contributed by atoms with Gasteiger partial charge in [0.05, 0.1) is 25.4 Å². The van der Waals surface area contributed by atoms with Crippen molar-refractivity contribution < 1.29 is 9.53 Å². The second kappa shape index (κ2) is 8.15. The minimum Gasteiger partial charge on any atom is -0.496 e. The summed E-state index contributed by atoms with van der Waals surface area (Å²) in [6, 6.07) is 17.9. The normalized spacial score (nSPS) is 10.4. The van der Waals surface area contributed by atoms with E-state index in [0.29, 0.717) is 25.1 Å². The number of rotatable bonds is 7. The Hall–Kier alpha value is -3.08. The molecule has 0 aliphatic rings. The van der Waals surface area contributed by atoms with Gasteiger partial charge < -0.3 is 10.1 Å². The number of hydrogen-bond acceptors (Lipinski definition) is 3. The van der Waals surface area contributed by atoms with Crippen molar-refractivity contribution in [3.05, 3.63) is 83.7 Å². The number of methoxy groups -OCH3 is 1. The van der Waals surface area contributed by atoms with Gasteiger partial charge in [0.15, 0.2) is 0 Å². The third kappa shape index (κ3) is 4.47. The standard InChI is InChI=1S/C20H21N3O2/c1-25-19-10-6-5-9-17(19)11-12-21-20(24)18-13-22-23(15-18)14-16-7-3-2-4-8-16/h2-10,13,15H,11-12,14H2,1H3,(H,21,24). The topological polar surface area (TPSA) is 56.1 Å². The van der Waals surface area contributed by atoms with E-state index in [-0.39, 0.29) is 5.91 Å². The van der Waals surface area contributed by atoms with Gasteiger partial charge in [0.1, 0.15) is 5.75 Å². The molecule has 0 saturated heterocycles. The number of para-hydroxylation sites is 1. The van der Waals surface area contributed by atoms with Crippen molar-refractivity contribution in [1.82, 2.24) is 15.1 Å². The highest BCUT2D eigenvalue weighted by Crippen LogP contribution is 2.17. The van der Waals surface area contributed by atoms with Gasteiger partial charge in [0, 0.05) is 12.7 Å². The predicted octanol–water partition coefficient (Wildman–Crippen LogP) is 2.91. The van der Waals surface area contributed by atoms with Crippen molar-refractivity contribution in [2.45, 2.75) is 13.0 Å². The SMILES string of the molecule is COc1ccccc1CCNC(=O)c1cnn(Cc2ccccc2)c1. The lowest BCUT2D eigenvalue weighted by Crippen LogP contribution is -2.25. The average Bonchev–Trinajstić information content (AvgIpc) is 3.11. The monoisotopic (exact) mass is 335 g/mol. The number of carbonyl (C=O) groups is 1. The zero-order valence-electron chi connectivity index (χ0n) is 14.2. The molecule has 0 unspecified atom stereocenters. The molecule has 25 heavy (non-hydrogen) atoms. The summed E-state index contributed by atoms with van der Waals surface area (Å²) in [5, 5.41) is 7.19. The van der Waals surface area contributed by atoms with Crippen LogP contribution in [0.5, 0.6) is 5.75 Å². The maximum absolute atomic E-state index is 12.3. The molecule has 0 aliphatic carbocycles. The van der Waals surface area contributed by atoms with Crippen LogP contribution in [0.15, 0.2) is 67.0 Å². The van der Waals surface area contributed by atoms with Crippen molar-refractivity contribution in [2.75, 3.05) is 13.7 Å². The van der Waals surface area contributed by atoms with E-state index >= 15 is 0 Å². The Morgan fingerprint density at radius 1 is 1.12 bits per heavy atom. The zero-order valence-corrected chi connectivity index (χ0v) is 14.2. The second-order valence-electron chi connectivity index (χ2n) is 5.73. The molecule has 0 aliphatic heterocycles. The van der Waals surface area contributed by atoms with Gasteiger partial charge in [-0.3, -0.25) is 9.48 Å². The van der Waals surface area contributed by atoms with Gasteiger partial charge in [-0.15, -0.1) is 0 Å². The highest BCUT2D eigenvalue weighted by Gasteiger charge is 2.09. The van der Waals surface area contributed by atoms with Crippen molar-refractivity contribution >= 4 is 5.91 Å². The molecule has 1 heterocycles.